The third-order valence-electron chi connectivity index (χ3n) is 6.57. The predicted molar refractivity (Wildman–Crippen MR) is 142 cm³/mol. The smallest absolute Gasteiger partial charge is 0.225 e. The fourth-order valence-corrected chi connectivity index (χ4v) is 4.65. The van der Waals surface area contributed by atoms with E-state index in [9.17, 15) is 0 Å². The number of hydrogen-bond donors (Lipinski definition) is 2. The molecule has 0 unspecified atom stereocenters. The first-order valence-electron chi connectivity index (χ1n) is 12.0. The highest BCUT2D eigenvalue weighted by Crippen LogP contribution is 2.41. The van der Waals surface area contributed by atoms with Crippen LogP contribution in [0.15, 0.2) is 23.5 Å². The SMILES string of the molecule is CCNC(=NCC1(CCOC)CCCC1)NCCCN1CCN(c2ncccn2)CC1.I. The molecule has 3 rings (SSSR count). The Bertz CT molecular complexity index is 647. The highest BCUT2D eigenvalue weighted by Gasteiger charge is 2.33. The largest absolute Gasteiger partial charge is 0.385 e. The summed E-state index contributed by atoms with van der Waals surface area (Å²) < 4.78 is 5.36. The molecule has 1 aliphatic carbocycles. The summed E-state index contributed by atoms with van der Waals surface area (Å²) >= 11 is 0. The Hall–Kier alpha value is -1.20. The number of hydrogen-bond acceptors (Lipinski definition) is 6. The Morgan fingerprint density at radius 3 is 2.50 bits per heavy atom. The maximum atomic E-state index is 5.36. The fourth-order valence-electron chi connectivity index (χ4n) is 4.65. The van der Waals surface area contributed by atoms with Crippen LogP contribution in [-0.4, -0.2) is 86.9 Å². The molecule has 0 spiro atoms. The molecule has 2 heterocycles. The Morgan fingerprint density at radius 1 is 1.12 bits per heavy atom. The van der Waals surface area contributed by atoms with Gasteiger partial charge in [0.05, 0.1) is 0 Å². The van der Waals surface area contributed by atoms with Crippen molar-refractivity contribution in [2.45, 2.75) is 45.4 Å². The maximum absolute atomic E-state index is 5.36. The van der Waals surface area contributed by atoms with Crippen LogP contribution >= 0.6 is 24.0 Å². The first-order chi connectivity index (χ1) is 15.2. The number of nitrogens with one attached hydrogen (secondary N) is 2. The molecule has 32 heavy (non-hydrogen) atoms. The summed E-state index contributed by atoms with van der Waals surface area (Å²) in [6.07, 6.45) is 11.1. The van der Waals surface area contributed by atoms with E-state index in [1.807, 2.05) is 18.5 Å². The van der Waals surface area contributed by atoms with Gasteiger partial charge >= 0.3 is 0 Å². The minimum absolute atomic E-state index is 0. The highest BCUT2D eigenvalue weighted by molar-refractivity contribution is 14.0. The number of anilines is 1. The molecule has 2 N–H and O–H groups in total. The molecule has 1 saturated heterocycles. The summed E-state index contributed by atoms with van der Waals surface area (Å²) in [6.45, 7) is 10.9. The zero-order valence-electron chi connectivity index (χ0n) is 19.9. The molecule has 1 aliphatic heterocycles. The van der Waals surface area contributed by atoms with E-state index in [4.69, 9.17) is 9.73 Å². The number of ether oxygens (including phenoxy) is 1. The summed E-state index contributed by atoms with van der Waals surface area (Å²) in [5.41, 5.74) is 0.334. The molecule has 1 aromatic rings. The molecule has 182 valence electrons. The molecule has 0 radical (unpaired) electrons. The van der Waals surface area contributed by atoms with Crippen LogP contribution in [-0.2, 0) is 4.74 Å². The topological polar surface area (TPSA) is 77.9 Å². The van der Waals surface area contributed by atoms with Crippen molar-refractivity contribution < 1.29 is 4.74 Å². The van der Waals surface area contributed by atoms with Crippen molar-refractivity contribution in [3.05, 3.63) is 18.5 Å². The third-order valence-corrected chi connectivity index (χ3v) is 6.57. The van der Waals surface area contributed by atoms with Gasteiger partial charge in [-0.25, -0.2) is 9.97 Å². The van der Waals surface area contributed by atoms with E-state index >= 15 is 0 Å². The van der Waals surface area contributed by atoms with E-state index in [1.54, 1.807) is 7.11 Å². The first kappa shape index (κ1) is 27.0. The Morgan fingerprint density at radius 2 is 1.84 bits per heavy atom. The average molecular weight is 560 g/mol. The number of aromatic nitrogens is 2. The van der Waals surface area contributed by atoms with Crippen LogP contribution in [0, 0.1) is 5.41 Å². The van der Waals surface area contributed by atoms with Gasteiger partial charge in [0.25, 0.3) is 0 Å². The first-order valence-corrected chi connectivity index (χ1v) is 12.0. The van der Waals surface area contributed by atoms with Gasteiger partial charge in [0.1, 0.15) is 0 Å². The lowest BCUT2D eigenvalue weighted by Gasteiger charge is -2.34. The van der Waals surface area contributed by atoms with Crippen molar-refractivity contribution in [3.63, 3.8) is 0 Å². The number of methoxy groups -OCH3 is 1. The summed E-state index contributed by atoms with van der Waals surface area (Å²) in [6, 6.07) is 1.87. The van der Waals surface area contributed by atoms with E-state index < -0.39 is 0 Å². The number of aliphatic imine (C=N–C) groups is 1. The van der Waals surface area contributed by atoms with Crippen molar-refractivity contribution in [2.24, 2.45) is 10.4 Å². The second-order valence-corrected chi connectivity index (χ2v) is 8.80. The second-order valence-electron chi connectivity index (χ2n) is 8.80. The van der Waals surface area contributed by atoms with E-state index in [1.165, 1.54) is 25.7 Å². The van der Waals surface area contributed by atoms with E-state index in [0.29, 0.717) is 5.41 Å². The fraction of sp³-hybridized carbons (Fsp3) is 0.783. The molecule has 0 atom stereocenters. The van der Waals surface area contributed by atoms with Crippen LogP contribution < -0.4 is 15.5 Å². The van der Waals surface area contributed by atoms with Crippen LogP contribution in [0.25, 0.3) is 0 Å². The molecule has 2 aliphatic rings. The van der Waals surface area contributed by atoms with Crippen molar-refractivity contribution in [1.29, 1.82) is 0 Å². The van der Waals surface area contributed by atoms with Crippen molar-refractivity contribution in [3.8, 4) is 0 Å². The molecule has 0 amide bonds. The lowest BCUT2D eigenvalue weighted by Crippen LogP contribution is -2.47. The van der Waals surface area contributed by atoms with Gasteiger partial charge in [0.15, 0.2) is 5.96 Å². The maximum Gasteiger partial charge on any atom is 0.225 e. The van der Waals surface area contributed by atoms with Gasteiger partial charge in [-0.15, -0.1) is 24.0 Å². The van der Waals surface area contributed by atoms with Crippen molar-refractivity contribution in [1.82, 2.24) is 25.5 Å². The van der Waals surface area contributed by atoms with E-state index in [0.717, 1.165) is 83.7 Å². The third kappa shape index (κ3) is 8.62. The molecule has 9 heteroatoms. The Balaban J connectivity index is 0.00000363. The number of piperazine rings is 1. The lowest BCUT2D eigenvalue weighted by molar-refractivity contribution is 0.141. The molecule has 0 bridgehead atoms. The van der Waals surface area contributed by atoms with E-state index in [2.05, 4.69) is 37.3 Å². The quantitative estimate of drug-likeness (QED) is 0.187. The standard InChI is InChI=1S/C23H41N7O.HI/c1-3-24-21(28-20-23(10-19-31-2)8-4-5-9-23)25-13-7-14-29-15-17-30(18-16-29)22-26-11-6-12-27-22;/h6,11-12H,3-5,7-10,13-20H2,1-2H3,(H2,24,25,28);1H. The lowest BCUT2D eigenvalue weighted by atomic mass is 9.83. The highest BCUT2D eigenvalue weighted by atomic mass is 127. The zero-order valence-corrected chi connectivity index (χ0v) is 22.2. The van der Waals surface area contributed by atoms with Crippen LogP contribution in [0.3, 0.4) is 0 Å². The molecule has 1 saturated carbocycles. The average Bonchev–Trinajstić information content (AvgIpc) is 3.29. The van der Waals surface area contributed by atoms with Crippen molar-refractivity contribution >= 4 is 35.9 Å². The molecule has 8 nitrogen and oxygen atoms in total. The van der Waals surface area contributed by atoms with Crippen LogP contribution in [0.4, 0.5) is 5.95 Å². The Labute approximate surface area is 211 Å². The summed E-state index contributed by atoms with van der Waals surface area (Å²) in [4.78, 5) is 18.5. The zero-order chi connectivity index (χ0) is 21.8. The van der Waals surface area contributed by atoms with Gasteiger partial charge in [0, 0.05) is 71.9 Å². The van der Waals surface area contributed by atoms with Gasteiger partial charge in [-0.3, -0.25) is 9.89 Å². The van der Waals surface area contributed by atoms with Crippen LogP contribution in [0.2, 0.25) is 0 Å². The molecular formula is C23H42IN7O. The number of guanidine groups is 1. The number of halogens is 1. The summed E-state index contributed by atoms with van der Waals surface area (Å²) in [5.74, 6) is 1.80. The molecular weight excluding hydrogens is 517 g/mol. The molecule has 1 aromatic heterocycles. The van der Waals surface area contributed by atoms with Gasteiger partial charge in [-0.2, -0.15) is 0 Å². The second kappa shape index (κ2) is 14.8. The monoisotopic (exact) mass is 559 g/mol. The van der Waals surface area contributed by atoms with Crippen LogP contribution in [0.1, 0.15) is 45.4 Å². The van der Waals surface area contributed by atoms with Gasteiger partial charge in [0.2, 0.25) is 5.95 Å². The normalized spacial score (nSPS) is 18.9. The minimum atomic E-state index is 0. The molecule has 2 fully saturated rings. The van der Waals surface area contributed by atoms with Crippen LogP contribution in [0.5, 0.6) is 0 Å². The number of rotatable bonds is 11. The summed E-state index contributed by atoms with van der Waals surface area (Å²) in [7, 11) is 1.80. The summed E-state index contributed by atoms with van der Waals surface area (Å²) in [5, 5.41) is 6.96. The Kier molecular flexibility index (Phi) is 12.6. The van der Waals surface area contributed by atoms with Crippen molar-refractivity contribution in [2.75, 3.05) is 71.0 Å². The molecule has 0 aromatic carbocycles. The van der Waals surface area contributed by atoms with Gasteiger partial charge in [-0.1, -0.05) is 12.8 Å². The minimum Gasteiger partial charge on any atom is -0.385 e. The van der Waals surface area contributed by atoms with Gasteiger partial charge < -0.3 is 20.3 Å². The van der Waals surface area contributed by atoms with E-state index in [-0.39, 0.29) is 24.0 Å². The number of nitrogens with zero attached hydrogens (tertiary/aromatic N) is 5. The predicted octanol–water partition coefficient (Wildman–Crippen LogP) is 2.76. The van der Waals surface area contributed by atoms with Gasteiger partial charge in [-0.05, 0) is 50.6 Å².